The molecule has 1 aromatic heterocycles. The van der Waals surface area contributed by atoms with Crippen molar-refractivity contribution < 1.29 is 0 Å². The smallest absolute Gasteiger partial charge is 0.0671 e. The first-order valence-electron chi connectivity index (χ1n) is 7.14. The van der Waals surface area contributed by atoms with Gasteiger partial charge in [-0.2, -0.15) is 5.10 Å². The Balaban J connectivity index is 2.41. The molecule has 2 nitrogen and oxygen atoms in total. The Morgan fingerprint density at radius 2 is 1.86 bits per heavy atom. The van der Waals surface area contributed by atoms with E-state index in [1.807, 2.05) is 29.8 Å². The molecule has 1 unspecified atom stereocenters. The highest BCUT2D eigenvalue weighted by atomic mass is 35.5. The Labute approximate surface area is 141 Å². The molecule has 2 aromatic rings. The summed E-state index contributed by atoms with van der Waals surface area (Å²) in [4.78, 5) is 0. The van der Waals surface area contributed by atoms with E-state index in [9.17, 15) is 0 Å². The Hall–Kier alpha value is -0.700. The summed E-state index contributed by atoms with van der Waals surface area (Å²) in [6, 6.07) is 5.69. The van der Waals surface area contributed by atoms with Gasteiger partial charge in [0.15, 0.2) is 0 Å². The van der Waals surface area contributed by atoms with Crippen LogP contribution in [-0.2, 0) is 19.4 Å². The van der Waals surface area contributed by atoms with Crippen molar-refractivity contribution in [2.45, 2.75) is 45.5 Å². The first-order chi connectivity index (χ1) is 9.97. The molecule has 0 amide bonds. The molecule has 0 saturated carbocycles. The van der Waals surface area contributed by atoms with Crippen LogP contribution in [0.3, 0.4) is 0 Å². The number of benzene rings is 1. The van der Waals surface area contributed by atoms with E-state index in [2.05, 4.69) is 13.8 Å². The molecule has 1 atom stereocenters. The molecule has 1 heterocycles. The van der Waals surface area contributed by atoms with Gasteiger partial charge in [-0.3, -0.25) is 4.68 Å². The number of alkyl halides is 1. The Morgan fingerprint density at radius 1 is 1.14 bits per heavy atom. The average Bonchev–Trinajstić information content (AvgIpc) is 2.80. The fourth-order valence-electron chi connectivity index (χ4n) is 2.60. The number of hydrogen-bond donors (Lipinski definition) is 0. The minimum atomic E-state index is -0.0301. The van der Waals surface area contributed by atoms with Crippen LogP contribution in [0, 0.1) is 0 Å². The van der Waals surface area contributed by atoms with Crippen LogP contribution in [0.1, 0.15) is 48.7 Å². The maximum absolute atomic E-state index is 6.34. The number of nitrogens with zero attached hydrogens (tertiary/aromatic N) is 2. The number of aryl methyl sites for hydroxylation is 1. The molecule has 1 aromatic carbocycles. The fraction of sp³-hybridized carbons (Fsp3) is 0.438. The molecule has 0 fully saturated rings. The van der Waals surface area contributed by atoms with E-state index < -0.39 is 0 Å². The van der Waals surface area contributed by atoms with Gasteiger partial charge in [0.05, 0.1) is 27.7 Å². The van der Waals surface area contributed by atoms with Crippen molar-refractivity contribution in [3.63, 3.8) is 0 Å². The maximum atomic E-state index is 6.34. The zero-order chi connectivity index (χ0) is 15.6. The molecule has 0 bridgehead atoms. The minimum absolute atomic E-state index is 0.0301. The van der Waals surface area contributed by atoms with Crippen molar-refractivity contribution >= 4 is 34.8 Å². The van der Waals surface area contributed by atoms with Gasteiger partial charge in [-0.05, 0) is 37.5 Å². The highest BCUT2D eigenvalue weighted by Gasteiger charge is 2.19. The molecule has 2 rings (SSSR count). The van der Waals surface area contributed by atoms with Crippen molar-refractivity contribution in [2.24, 2.45) is 0 Å². The lowest BCUT2D eigenvalue weighted by molar-refractivity contribution is 0.639. The lowest BCUT2D eigenvalue weighted by Gasteiger charge is -2.10. The summed E-state index contributed by atoms with van der Waals surface area (Å²) in [6.45, 7) is 6.91. The van der Waals surface area contributed by atoms with Gasteiger partial charge in [0, 0.05) is 11.3 Å². The average molecular weight is 346 g/mol. The molecular formula is C16H19Cl3N2. The zero-order valence-electron chi connectivity index (χ0n) is 12.5. The first-order valence-corrected chi connectivity index (χ1v) is 8.33. The van der Waals surface area contributed by atoms with E-state index in [4.69, 9.17) is 39.9 Å². The van der Waals surface area contributed by atoms with E-state index >= 15 is 0 Å². The summed E-state index contributed by atoms with van der Waals surface area (Å²) in [6.07, 6.45) is 1.79. The minimum Gasteiger partial charge on any atom is -0.265 e. The van der Waals surface area contributed by atoms with Gasteiger partial charge >= 0.3 is 0 Å². The van der Waals surface area contributed by atoms with E-state index in [1.165, 1.54) is 11.3 Å². The second kappa shape index (κ2) is 7.04. The van der Waals surface area contributed by atoms with Crippen LogP contribution in [0.2, 0.25) is 10.0 Å². The van der Waals surface area contributed by atoms with E-state index in [0.29, 0.717) is 16.6 Å². The quantitative estimate of drug-likeness (QED) is 0.639. The lowest BCUT2D eigenvalue weighted by Crippen LogP contribution is -2.07. The van der Waals surface area contributed by atoms with Crippen LogP contribution in [0.5, 0.6) is 0 Å². The first kappa shape index (κ1) is 16.7. The second-order valence-electron chi connectivity index (χ2n) is 5.04. The third-order valence-corrected chi connectivity index (χ3v) is 4.52. The molecule has 0 spiro atoms. The van der Waals surface area contributed by atoms with Crippen LogP contribution < -0.4 is 0 Å². The predicted molar refractivity (Wildman–Crippen MR) is 90.8 cm³/mol. The summed E-state index contributed by atoms with van der Waals surface area (Å²) in [7, 11) is 0. The van der Waals surface area contributed by atoms with Gasteiger partial charge in [0.2, 0.25) is 0 Å². The second-order valence-corrected chi connectivity index (χ2v) is 6.51. The summed E-state index contributed by atoms with van der Waals surface area (Å²) in [5.74, 6) is 0. The molecule has 0 aliphatic rings. The maximum Gasteiger partial charge on any atom is 0.0671 e. The molecule has 21 heavy (non-hydrogen) atoms. The zero-order valence-corrected chi connectivity index (χ0v) is 14.7. The van der Waals surface area contributed by atoms with E-state index in [-0.39, 0.29) is 5.38 Å². The van der Waals surface area contributed by atoms with Crippen molar-refractivity contribution in [1.29, 1.82) is 0 Å². The van der Waals surface area contributed by atoms with Crippen molar-refractivity contribution in [3.8, 4) is 0 Å². The normalized spacial score (nSPS) is 12.7. The van der Waals surface area contributed by atoms with E-state index in [0.717, 1.165) is 24.1 Å². The van der Waals surface area contributed by atoms with Crippen LogP contribution in [0.4, 0.5) is 0 Å². The monoisotopic (exact) mass is 344 g/mol. The van der Waals surface area contributed by atoms with Crippen LogP contribution >= 0.6 is 34.8 Å². The van der Waals surface area contributed by atoms with Gasteiger partial charge in [0.25, 0.3) is 0 Å². The van der Waals surface area contributed by atoms with Crippen molar-refractivity contribution in [1.82, 2.24) is 9.78 Å². The highest BCUT2D eigenvalue weighted by Crippen LogP contribution is 2.29. The number of rotatable bonds is 5. The van der Waals surface area contributed by atoms with Gasteiger partial charge < -0.3 is 0 Å². The standard InChI is InChI=1S/C16H19Cl3N2/c1-4-14-16(10(3)17)15(5-2)21(20-14)9-11-6-7-12(18)13(19)8-11/h6-8,10H,4-5,9H2,1-3H3. The van der Waals surface area contributed by atoms with Gasteiger partial charge in [-0.1, -0.05) is 43.1 Å². The molecule has 0 saturated heterocycles. The van der Waals surface area contributed by atoms with Crippen molar-refractivity contribution in [3.05, 3.63) is 50.8 Å². The Bertz CT molecular complexity index is 633. The molecule has 5 heteroatoms. The lowest BCUT2D eigenvalue weighted by atomic mass is 10.1. The van der Waals surface area contributed by atoms with Gasteiger partial charge in [-0.25, -0.2) is 0 Å². The highest BCUT2D eigenvalue weighted by molar-refractivity contribution is 6.42. The molecule has 0 radical (unpaired) electrons. The molecule has 0 aliphatic carbocycles. The molecule has 114 valence electrons. The van der Waals surface area contributed by atoms with Gasteiger partial charge in [0.1, 0.15) is 0 Å². The topological polar surface area (TPSA) is 17.8 Å². The molecule has 0 N–H and O–H groups in total. The Kier molecular flexibility index (Phi) is 5.59. The SMILES string of the molecule is CCc1nn(Cc2ccc(Cl)c(Cl)c2)c(CC)c1C(C)Cl. The van der Waals surface area contributed by atoms with Crippen LogP contribution in [0.15, 0.2) is 18.2 Å². The summed E-state index contributed by atoms with van der Waals surface area (Å²) >= 11 is 18.4. The largest absolute Gasteiger partial charge is 0.265 e. The number of halogens is 3. The summed E-state index contributed by atoms with van der Waals surface area (Å²) in [5.41, 5.74) is 4.52. The van der Waals surface area contributed by atoms with Crippen LogP contribution in [0.25, 0.3) is 0 Å². The summed E-state index contributed by atoms with van der Waals surface area (Å²) < 4.78 is 2.03. The van der Waals surface area contributed by atoms with Crippen LogP contribution in [-0.4, -0.2) is 9.78 Å². The fourth-order valence-corrected chi connectivity index (χ4v) is 3.17. The molecule has 0 aliphatic heterocycles. The predicted octanol–water partition coefficient (Wildman–Crippen LogP) is 5.66. The summed E-state index contributed by atoms with van der Waals surface area (Å²) in [5, 5.41) is 5.83. The number of aromatic nitrogens is 2. The van der Waals surface area contributed by atoms with Crippen molar-refractivity contribution in [2.75, 3.05) is 0 Å². The third-order valence-electron chi connectivity index (χ3n) is 3.56. The Morgan fingerprint density at radius 3 is 2.38 bits per heavy atom. The van der Waals surface area contributed by atoms with Gasteiger partial charge in [-0.15, -0.1) is 11.6 Å². The van der Waals surface area contributed by atoms with E-state index in [1.54, 1.807) is 0 Å². The molecular weight excluding hydrogens is 327 g/mol. The number of hydrogen-bond acceptors (Lipinski definition) is 1. The third kappa shape index (κ3) is 3.56.